The lowest BCUT2D eigenvalue weighted by molar-refractivity contribution is -0.189. The first-order chi connectivity index (χ1) is 9.25. The Labute approximate surface area is 116 Å². The molecule has 2 atom stereocenters. The highest BCUT2D eigenvalue weighted by Gasteiger charge is 2.38. The number of ether oxygens (including phenoxy) is 1. The van der Waals surface area contributed by atoms with Crippen molar-refractivity contribution in [2.24, 2.45) is 0 Å². The minimum atomic E-state index is -4.45. The molecule has 1 rings (SSSR count). The van der Waals surface area contributed by atoms with Crippen LogP contribution in [0.15, 0.2) is 18.2 Å². The van der Waals surface area contributed by atoms with Crippen LogP contribution in [-0.2, 0) is 0 Å². The van der Waals surface area contributed by atoms with Gasteiger partial charge in [0.1, 0.15) is 11.6 Å². The van der Waals surface area contributed by atoms with Crippen LogP contribution >= 0.6 is 0 Å². The van der Waals surface area contributed by atoms with Crippen LogP contribution in [0.1, 0.15) is 38.8 Å². The minimum Gasteiger partial charge on any atom is -0.481 e. The second kappa shape index (κ2) is 6.92. The maximum Gasteiger partial charge on any atom is 0.425 e. The Morgan fingerprint density at radius 2 is 1.90 bits per heavy atom. The number of nitrogens with one attached hydrogen (secondary N) is 1. The molecular formula is C14H19F4NO. The fourth-order valence-corrected chi connectivity index (χ4v) is 1.69. The van der Waals surface area contributed by atoms with E-state index >= 15 is 0 Å². The number of benzene rings is 1. The first kappa shape index (κ1) is 16.8. The van der Waals surface area contributed by atoms with Gasteiger partial charge in [-0.05, 0) is 45.0 Å². The summed E-state index contributed by atoms with van der Waals surface area (Å²) in [5, 5.41) is 3.10. The first-order valence-corrected chi connectivity index (χ1v) is 6.52. The van der Waals surface area contributed by atoms with E-state index in [2.05, 4.69) is 5.32 Å². The molecule has 0 radical (unpaired) electrons. The summed E-state index contributed by atoms with van der Waals surface area (Å²) in [6.07, 6.45) is -5.52. The summed E-state index contributed by atoms with van der Waals surface area (Å²) < 4.78 is 55.8. The molecule has 20 heavy (non-hydrogen) atoms. The van der Waals surface area contributed by atoms with E-state index in [4.69, 9.17) is 4.74 Å². The van der Waals surface area contributed by atoms with E-state index in [1.165, 1.54) is 12.1 Å². The lowest BCUT2D eigenvalue weighted by atomic mass is 10.1. The topological polar surface area (TPSA) is 21.3 Å². The molecular weight excluding hydrogens is 274 g/mol. The molecule has 0 heterocycles. The maximum atomic E-state index is 13.3. The molecule has 6 heteroatoms. The van der Waals surface area contributed by atoms with Gasteiger partial charge in [0.05, 0.1) is 0 Å². The molecule has 114 valence electrons. The molecule has 1 aromatic carbocycles. The van der Waals surface area contributed by atoms with E-state index in [0.717, 1.165) is 19.4 Å². The highest BCUT2D eigenvalue weighted by atomic mass is 19.4. The molecule has 0 amide bonds. The van der Waals surface area contributed by atoms with Crippen LogP contribution in [0, 0.1) is 5.82 Å². The van der Waals surface area contributed by atoms with Crippen molar-refractivity contribution >= 4 is 0 Å². The Kier molecular flexibility index (Phi) is 5.80. The van der Waals surface area contributed by atoms with E-state index in [0.29, 0.717) is 12.1 Å². The molecule has 0 bridgehead atoms. The van der Waals surface area contributed by atoms with Gasteiger partial charge in [0, 0.05) is 11.6 Å². The van der Waals surface area contributed by atoms with Gasteiger partial charge in [-0.3, -0.25) is 0 Å². The number of hydrogen-bond donors (Lipinski definition) is 1. The number of rotatable bonds is 6. The zero-order chi connectivity index (χ0) is 15.3. The molecule has 0 fully saturated rings. The summed E-state index contributed by atoms with van der Waals surface area (Å²) in [5.74, 6) is -0.454. The van der Waals surface area contributed by atoms with Gasteiger partial charge in [-0.2, -0.15) is 13.2 Å². The molecule has 0 saturated carbocycles. The normalized spacial score (nSPS) is 14.9. The van der Waals surface area contributed by atoms with Crippen molar-refractivity contribution in [1.29, 1.82) is 0 Å². The van der Waals surface area contributed by atoms with Crippen LogP contribution in [-0.4, -0.2) is 18.8 Å². The predicted octanol–water partition coefficient (Wildman–Crippen LogP) is 4.22. The Balaban J connectivity index is 2.95. The SMILES string of the molecule is CCCNC(C)c1cc(F)ccc1OC(C)C(F)(F)F. The van der Waals surface area contributed by atoms with Crippen molar-refractivity contribution in [3.63, 3.8) is 0 Å². The standard InChI is InChI=1S/C14H19F4NO/c1-4-7-19-9(2)12-8-11(15)5-6-13(12)20-10(3)14(16,17)18/h5-6,8-10,19H,4,7H2,1-3H3. The van der Waals surface area contributed by atoms with Crippen molar-refractivity contribution in [2.75, 3.05) is 6.54 Å². The average Bonchev–Trinajstić information content (AvgIpc) is 2.36. The smallest absolute Gasteiger partial charge is 0.425 e. The highest BCUT2D eigenvalue weighted by molar-refractivity contribution is 5.36. The van der Waals surface area contributed by atoms with Crippen molar-refractivity contribution < 1.29 is 22.3 Å². The van der Waals surface area contributed by atoms with Gasteiger partial charge in [0.2, 0.25) is 0 Å². The minimum absolute atomic E-state index is 0.0485. The summed E-state index contributed by atoms with van der Waals surface area (Å²) in [6, 6.07) is 3.23. The lowest BCUT2D eigenvalue weighted by Gasteiger charge is -2.22. The monoisotopic (exact) mass is 293 g/mol. The Hall–Kier alpha value is -1.30. The molecule has 1 aromatic rings. The Morgan fingerprint density at radius 1 is 1.25 bits per heavy atom. The van der Waals surface area contributed by atoms with Crippen LogP contribution in [0.3, 0.4) is 0 Å². The highest BCUT2D eigenvalue weighted by Crippen LogP contribution is 2.30. The van der Waals surface area contributed by atoms with Gasteiger partial charge in [0.15, 0.2) is 6.10 Å². The van der Waals surface area contributed by atoms with E-state index in [1.807, 2.05) is 6.92 Å². The average molecular weight is 293 g/mol. The van der Waals surface area contributed by atoms with Crippen LogP contribution in [0.4, 0.5) is 17.6 Å². The molecule has 0 aliphatic rings. The van der Waals surface area contributed by atoms with Gasteiger partial charge in [-0.25, -0.2) is 4.39 Å². The second-order valence-corrected chi connectivity index (χ2v) is 4.66. The quantitative estimate of drug-likeness (QED) is 0.793. The van der Waals surface area contributed by atoms with Gasteiger partial charge in [-0.1, -0.05) is 6.92 Å². The van der Waals surface area contributed by atoms with Crippen molar-refractivity contribution in [3.8, 4) is 5.75 Å². The van der Waals surface area contributed by atoms with Crippen LogP contribution in [0.25, 0.3) is 0 Å². The molecule has 0 saturated heterocycles. The van der Waals surface area contributed by atoms with Crippen LogP contribution in [0.5, 0.6) is 5.75 Å². The second-order valence-electron chi connectivity index (χ2n) is 4.66. The van der Waals surface area contributed by atoms with Crippen molar-refractivity contribution in [3.05, 3.63) is 29.6 Å². The number of hydrogen-bond acceptors (Lipinski definition) is 2. The first-order valence-electron chi connectivity index (χ1n) is 6.52. The van der Waals surface area contributed by atoms with E-state index in [1.54, 1.807) is 6.92 Å². The molecule has 1 N–H and O–H groups in total. The van der Waals surface area contributed by atoms with Gasteiger partial charge in [0.25, 0.3) is 0 Å². The van der Waals surface area contributed by atoms with Crippen molar-refractivity contribution in [1.82, 2.24) is 5.32 Å². The molecule has 0 spiro atoms. The zero-order valence-corrected chi connectivity index (χ0v) is 11.7. The largest absolute Gasteiger partial charge is 0.481 e. The maximum absolute atomic E-state index is 13.3. The van der Waals surface area contributed by atoms with Crippen LogP contribution < -0.4 is 10.1 Å². The van der Waals surface area contributed by atoms with Gasteiger partial charge < -0.3 is 10.1 Å². The Bertz CT molecular complexity index is 434. The molecule has 0 aliphatic heterocycles. The molecule has 0 aliphatic carbocycles. The molecule has 0 aromatic heterocycles. The predicted molar refractivity (Wildman–Crippen MR) is 69.3 cm³/mol. The summed E-state index contributed by atoms with van der Waals surface area (Å²) in [7, 11) is 0. The fourth-order valence-electron chi connectivity index (χ4n) is 1.69. The summed E-state index contributed by atoms with van der Waals surface area (Å²) in [4.78, 5) is 0. The number of alkyl halides is 3. The summed E-state index contributed by atoms with van der Waals surface area (Å²) in [5.41, 5.74) is 0.384. The van der Waals surface area contributed by atoms with Crippen LogP contribution in [0.2, 0.25) is 0 Å². The summed E-state index contributed by atoms with van der Waals surface area (Å²) in [6.45, 7) is 5.34. The van der Waals surface area contributed by atoms with Gasteiger partial charge >= 0.3 is 6.18 Å². The van der Waals surface area contributed by atoms with E-state index in [9.17, 15) is 17.6 Å². The zero-order valence-electron chi connectivity index (χ0n) is 11.7. The third kappa shape index (κ3) is 4.67. The third-order valence-corrected chi connectivity index (χ3v) is 2.90. The molecule has 2 nitrogen and oxygen atoms in total. The van der Waals surface area contributed by atoms with E-state index in [-0.39, 0.29) is 11.8 Å². The lowest BCUT2D eigenvalue weighted by Crippen LogP contribution is -2.32. The Morgan fingerprint density at radius 3 is 2.45 bits per heavy atom. The summed E-state index contributed by atoms with van der Waals surface area (Å²) >= 11 is 0. The third-order valence-electron chi connectivity index (χ3n) is 2.90. The molecule has 2 unspecified atom stereocenters. The number of halogens is 4. The van der Waals surface area contributed by atoms with E-state index < -0.39 is 18.1 Å². The fraction of sp³-hybridized carbons (Fsp3) is 0.571. The van der Waals surface area contributed by atoms with Gasteiger partial charge in [-0.15, -0.1) is 0 Å². The van der Waals surface area contributed by atoms with Crippen molar-refractivity contribution in [2.45, 2.75) is 45.5 Å².